The van der Waals surface area contributed by atoms with Crippen molar-refractivity contribution in [2.45, 2.75) is 68.5 Å². The molecular weight excluding hydrogens is 578 g/mol. The van der Waals surface area contributed by atoms with E-state index in [9.17, 15) is 26.8 Å². The smallest absolute Gasteiger partial charge is 0.338 e. The van der Waals surface area contributed by atoms with Gasteiger partial charge in [0.05, 0.1) is 28.3 Å². The Morgan fingerprint density at radius 3 is 2.56 bits per heavy atom. The first kappa shape index (κ1) is 28.9. The SMILES string of the molecule is N#Cc1cc(S(=O)(=O)N2CC[C@@H]2C(=O)N(Cc2ccc(C3CCCCC3)cn2)c2ccc3c(c2)COC3=O)cc(F)c1F. The van der Waals surface area contributed by atoms with Gasteiger partial charge in [-0.25, -0.2) is 22.0 Å². The molecule has 1 amide bonds. The molecule has 1 aliphatic carbocycles. The van der Waals surface area contributed by atoms with Crippen molar-refractivity contribution >= 4 is 27.6 Å². The van der Waals surface area contributed by atoms with E-state index in [0.29, 0.717) is 34.5 Å². The number of hydrogen-bond donors (Lipinski definition) is 0. The molecule has 0 unspecified atom stereocenters. The number of benzene rings is 2. The van der Waals surface area contributed by atoms with Crippen molar-refractivity contribution in [3.05, 3.63) is 88.2 Å². The summed E-state index contributed by atoms with van der Waals surface area (Å²) >= 11 is 0. The van der Waals surface area contributed by atoms with Gasteiger partial charge in [0.25, 0.3) is 0 Å². The minimum Gasteiger partial charge on any atom is -0.457 e. The van der Waals surface area contributed by atoms with Crippen LogP contribution in [0.15, 0.2) is 53.6 Å². The number of esters is 1. The number of carbonyl (C=O) groups excluding carboxylic acids is 2. The third-order valence-electron chi connectivity index (χ3n) is 8.47. The zero-order valence-electron chi connectivity index (χ0n) is 23.1. The van der Waals surface area contributed by atoms with Gasteiger partial charge in [-0.05, 0) is 67.1 Å². The van der Waals surface area contributed by atoms with Gasteiger partial charge in [0.15, 0.2) is 11.6 Å². The molecule has 1 atom stereocenters. The van der Waals surface area contributed by atoms with E-state index >= 15 is 0 Å². The number of aromatic nitrogens is 1. The molecule has 2 fully saturated rings. The third-order valence-corrected chi connectivity index (χ3v) is 10.4. The first-order chi connectivity index (χ1) is 20.7. The molecule has 1 saturated heterocycles. The number of amides is 1. The predicted molar refractivity (Wildman–Crippen MR) is 150 cm³/mol. The summed E-state index contributed by atoms with van der Waals surface area (Å²) < 4.78 is 61.0. The number of pyridine rings is 1. The number of hydrogen-bond acceptors (Lipinski definition) is 7. The lowest BCUT2D eigenvalue weighted by Gasteiger charge is -2.41. The van der Waals surface area contributed by atoms with E-state index in [-0.39, 0.29) is 26.1 Å². The van der Waals surface area contributed by atoms with Gasteiger partial charge in [0.1, 0.15) is 18.7 Å². The number of fused-ring (bicyclic) bond motifs is 1. The zero-order valence-corrected chi connectivity index (χ0v) is 23.9. The molecule has 1 saturated carbocycles. The molecule has 12 heteroatoms. The van der Waals surface area contributed by atoms with Crippen molar-refractivity contribution in [2.24, 2.45) is 0 Å². The number of nitrogens with zero attached hydrogens (tertiary/aromatic N) is 4. The number of cyclic esters (lactones) is 1. The first-order valence-corrected chi connectivity index (χ1v) is 15.6. The fourth-order valence-corrected chi connectivity index (χ4v) is 7.63. The lowest BCUT2D eigenvalue weighted by molar-refractivity contribution is -0.125. The fraction of sp³-hybridized carbons (Fsp3) is 0.355. The van der Waals surface area contributed by atoms with Gasteiger partial charge in [-0.2, -0.15) is 9.57 Å². The highest BCUT2D eigenvalue weighted by atomic mass is 32.2. The number of sulfonamides is 1. The van der Waals surface area contributed by atoms with Gasteiger partial charge in [-0.1, -0.05) is 25.3 Å². The Balaban J connectivity index is 1.30. The van der Waals surface area contributed by atoms with Crippen LogP contribution < -0.4 is 4.90 Å². The standard InChI is InChI=1S/C31H28F2N4O5S/c32-27-14-25(13-21(15-34)29(27)33)43(40,41)37-11-10-28(37)30(38)36(24-8-9-26-22(12-24)18-42-31(26)39)17-23-7-6-20(16-35-23)19-4-2-1-3-5-19/h6-9,12-14,16,19,28H,1-5,10-11,17-18H2/t28-/m1/s1. The molecule has 0 spiro atoms. The number of carbonyl (C=O) groups is 2. The van der Waals surface area contributed by atoms with Crippen LogP contribution in [0.25, 0.3) is 0 Å². The number of rotatable bonds is 7. The molecule has 1 aromatic heterocycles. The normalized spacial score (nSPS) is 18.8. The number of ether oxygens (including phenoxy) is 1. The highest BCUT2D eigenvalue weighted by molar-refractivity contribution is 7.89. The van der Waals surface area contributed by atoms with E-state index in [0.717, 1.165) is 28.8 Å². The molecule has 43 heavy (non-hydrogen) atoms. The van der Waals surface area contributed by atoms with E-state index in [2.05, 4.69) is 4.98 Å². The molecule has 3 aliphatic rings. The zero-order chi connectivity index (χ0) is 30.3. The minimum absolute atomic E-state index is 0.0195. The van der Waals surface area contributed by atoms with Gasteiger partial charge in [-0.3, -0.25) is 9.78 Å². The van der Waals surface area contributed by atoms with Crippen molar-refractivity contribution in [1.82, 2.24) is 9.29 Å². The molecule has 9 nitrogen and oxygen atoms in total. The summed E-state index contributed by atoms with van der Waals surface area (Å²) in [5, 5.41) is 9.13. The molecule has 2 aliphatic heterocycles. The van der Waals surface area contributed by atoms with E-state index in [1.165, 1.54) is 30.2 Å². The molecule has 0 radical (unpaired) electrons. The van der Waals surface area contributed by atoms with Crippen LogP contribution in [-0.2, 0) is 32.7 Å². The minimum atomic E-state index is -4.44. The Labute approximate surface area is 247 Å². The first-order valence-electron chi connectivity index (χ1n) is 14.1. The molecule has 3 aromatic rings. The van der Waals surface area contributed by atoms with Crippen LogP contribution >= 0.6 is 0 Å². The maximum Gasteiger partial charge on any atom is 0.338 e. The molecule has 0 N–H and O–H groups in total. The summed E-state index contributed by atoms with van der Waals surface area (Å²) in [6.45, 7) is 0.0690. The third kappa shape index (κ3) is 5.39. The topological polar surface area (TPSA) is 121 Å². The lowest BCUT2D eigenvalue weighted by Crippen LogP contribution is -2.59. The summed E-state index contributed by atoms with van der Waals surface area (Å²) in [5.74, 6) is -3.46. The molecule has 3 heterocycles. The van der Waals surface area contributed by atoms with Crippen LogP contribution in [0.2, 0.25) is 0 Å². The maximum atomic E-state index is 14.1. The van der Waals surface area contributed by atoms with E-state index in [4.69, 9.17) is 10.00 Å². The summed E-state index contributed by atoms with van der Waals surface area (Å²) in [7, 11) is -4.44. The molecule has 222 valence electrons. The highest BCUT2D eigenvalue weighted by Gasteiger charge is 2.45. The summed E-state index contributed by atoms with van der Waals surface area (Å²) in [6, 6.07) is 10.3. The number of halogens is 2. The average molecular weight is 607 g/mol. The van der Waals surface area contributed by atoms with Crippen molar-refractivity contribution < 1.29 is 31.5 Å². The Morgan fingerprint density at radius 1 is 1.09 bits per heavy atom. The van der Waals surface area contributed by atoms with Gasteiger partial charge in [0.2, 0.25) is 15.9 Å². The Morgan fingerprint density at radius 2 is 1.88 bits per heavy atom. The Bertz CT molecular complexity index is 1750. The second-order valence-corrected chi connectivity index (χ2v) is 12.9. The van der Waals surface area contributed by atoms with Crippen molar-refractivity contribution in [3.63, 3.8) is 0 Å². The summed E-state index contributed by atoms with van der Waals surface area (Å²) in [5.41, 5.74) is 2.42. The van der Waals surface area contributed by atoms with Crippen LogP contribution in [-0.4, -0.2) is 42.2 Å². The van der Waals surface area contributed by atoms with Crippen molar-refractivity contribution in [3.8, 4) is 6.07 Å². The fourth-order valence-electron chi connectivity index (χ4n) is 5.96. The molecule has 0 bridgehead atoms. The van der Waals surface area contributed by atoms with Gasteiger partial charge in [0, 0.05) is 24.0 Å². The second-order valence-electron chi connectivity index (χ2n) is 11.1. The van der Waals surface area contributed by atoms with Crippen LogP contribution in [0, 0.1) is 23.0 Å². The van der Waals surface area contributed by atoms with Crippen LogP contribution in [0.1, 0.15) is 77.2 Å². The van der Waals surface area contributed by atoms with E-state index in [1.807, 2.05) is 18.3 Å². The van der Waals surface area contributed by atoms with Gasteiger partial charge >= 0.3 is 5.97 Å². The number of nitriles is 1. The van der Waals surface area contributed by atoms with E-state index < -0.39 is 50.0 Å². The quantitative estimate of drug-likeness (QED) is 0.349. The average Bonchev–Trinajstić information content (AvgIpc) is 3.36. The van der Waals surface area contributed by atoms with Gasteiger partial charge in [-0.15, -0.1) is 0 Å². The van der Waals surface area contributed by atoms with Crippen LogP contribution in [0.3, 0.4) is 0 Å². The largest absolute Gasteiger partial charge is 0.457 e. The predicted octanol–water partition coefficient (Wildman–Crippen LogP) is 4.95. The Hall–Kier alpha value is -4.21. The lowest BCUT2D eigenvalue weighted by atomic mass is 9.85. The maximum absolute atomic E-state index is 14.1. The molecule has 6 rings (SSSR count). The Kier molecular flexibility index (Phi) is 7.70. The molecular formula is C31H28F2N4O5S. The summed E-state index contributed by atoms with van der Waals surface area (Å²) in [4.78, 5) is 31.5. The summed E-state index contributed by atoms with van der Waals surface area (Å²) in [6.07, 6.45) is 7.86. The van der Waals surface area contributed by atoms with Crippen LogP contribution in [0.5, 0.6) is 0 Å². The van der Waals surface area contributed by atoms with E-state index in [1.54, 1.807) is 18.2 Å². The highest BCUT2D eigenvalue weighted by Crippen LogP contribution is 2.34. The monoisotopic (exact) mass is 606 g/mol. The van der Waals surface area contributed by atoms with Gasteiger partial charge < -0.3 is 9.64 Å². The van der Waals surface area contributed by atoms with Crippen LogP contribution in [0.4, 0.5) is 14.5 Å². The second kappa shape index (κ2) is 11.5. The molecule has 2 aromatic carbocycles. The van der Waals surface area contributed by atoms with Crippen molar-refractivity contribution in [2.75, 3.05) is 11.4 Å². The van der Waals surface area contributed by atoms with Crippen molar-refractivity contribution in [1.29, 1.82) is 5.26 Å². The number of anilines is 1.